The zero-order valence-electron chi connectivity index (χ0n) is 19.2. The van der Waals surface area contributed by atoms with Crippen molar-refractivity contribution < 1.29 is 4.42 Å². The van der Waals surface area contributed by atoms with Crippen molar-refractivity contribution in [3.63, 3.8) is 0 Å². The van der Waals surface area contributed by atoms with Crippen LogP contribution in [0.25, 0.3) is 11.3 Å². The van der Waals surface area contributed by atoms with Crippen LogP contribution in [0.1, 0.15) is 29.1 Å². The topological polar surface area (TPSA) is 44.5 Å². The number of aromatic nitrogens is 1. The Kier molecular flexibility index (Phi) is 6.02. The van der Waals surface area contributed by atoms with Crippen LogP contribution in [0.2, 0.25) is 5.02 Å². The number of nitrogens with one attached hydrogen (secondary N) is 1. The minimum absolute atomic E-state index is 0.165. The third kappa shape index (κ3) is 4.15. The van der Waals surface area contributed by atoms with E-state index in [0.29, 0.717) is 10.1 Å². The smallest absolute Gasteiger partial charge is 0.174 e. The molecule has 1 aliphatic rings. The van der Waals surface area contributed by atoms with E-state index in [4.69, 9.17) is 28.2 Å². The molecule has 5 rings (SSSR count). The Morgan fingerprint density at radius 1 is 1.03 bits per heavy atom. The number of rotatable bonds is 5. The molecule has 1 fully saturated rings. The second-order valence-electron chi connectivity index (χ2n) is 8.57. The van der Waals surface area contributed by atoms with Crippen molar-refractivity contribution in [2.45, 2.75) is 19.0 Å². The van der Waals surface area contributed by atoms with Gasteiger partial charge in [0.05, 0.1) is 11.7 Å². The lowest BCUT2D eigenvalue weighted by Gasteiger charge is -2.26. The highest BCUT2D eigenvalue weighted by Gasteiger charge is 2.42. The molecule has 34 heavy (non-hydrogen) atoms. The van der Waals surface area contributed by atoms with E-state index in [1.807, 2.05) is 62.6 Å². The molecule has 5 nitrogen and oxygen atoms in total. The average molecular weight is 489 g/mol. The molecule has 2 aromatic heterocycles. The first-order valence-electron chi connectivity index (χ1n) is 11.1. The van der Waals surface area contributed by atoms with Crippen LogP contribution < -0.4 is 15.1 Å². The van der Waals surface area contributed by atoms with Crippen molar-refractivity contribution in [1.82, 2.24) is 10.3 Å². The van der Waals surface area contributed by atoms with Crippen LogP contribution in [0.5, 0.6) is 0 Å². The molecule has 172 valence electrons. The monoisotopic (exact) mass is 488 g/mol. The minimum Gasteiger partial charge on any atom is -0.459 e. The summed E-state index contributed by atoms with van der Waals surface area (Å²) in [5.74, 6) is 1.57. The van der Waals surface area contributed by atoms with Crippen molar-refractivity contribution in [3.8, 4) is 11.3 Å². The second-order valence-corrected chi connectivity index (χ2v) is 9.39. The van der Waals surface area contributed by atoms with Crippen LogP contribution in [0.3, 0.4) is 0 Å². The van der Waals surface area contributed by atoms with Crippen LogP contribution in [-0.2, 0) is 0 Å². The van der Waals surface area contributed by atoms with Crippen molar-refractivity contribution in [1.29, 1.82) is 0 Å². The average Bonchev–Trinajstić information content (AvgIpc) is 3.46. The Labute approximate surface area is 210 Å². The van der Waals surface area contributed by atoms with Gasteiger partial charge in [-0.05, 0) is 85.4 Å². The van der Waals surface area contributed by atoms with Gasteiger partial charge in [0, 0.05) is 42.3 Å². The number of thiocarbonyl (C=S) groups is 1. The Morgan fingerprint density at radius 3 is 2.53 bits per heavy atom. The normalized spacial score (nSPS) is 17.6. The number of aryl methyl sites for hydroxylation is 1. The molecular formula is C27H25ClN4OS. The summed E-state index contributed by atoms with van der Waals surface area (Å²) in [4.78, 5) is 8.80. The van der Waals surface area contributed by atoms with Gasteiger partial charge in [0.25, 0.3) is 0 Å². The van der Waals surface area contributed by atoms with Crippen molar-refractivity contribution in [2.24, 2.45) is 0 Å². The third-order valence-electron chi connectivity index (χ3n) is 6.13. The summed E-state index contributed by atoms with van der Waals surface area (Å²) in [7, 11) is 4.05. The maximum Gasteiger partial charge on any atom is 0.174 e. The summed E-state index contributed by atoms with van der Waals surface area (Å²) in [5, 5.41) is 4.79. The van der Waals surface area contributed by atoms with Crippen LogP contribution in [0, 0.1) is 6.92 Å². The predicted octanol–water partition coefficient (Wildman–Crippen LogP) is 6.55. The summed E-state index contributed by atoms with van der Waals surface area (Å²) in [5.41, 5.74) is 5.09. The van der Waals surface area contributed by atoms with Gasteiger partial charge in [0.1, 0.15) is 17.6 Å². The first-order valence-corrected chi connectivity index (χ1v) is 11.9. The van der Waals surface area contributed by atoms with Crippen molar-refractivity contribution in [3.05, 3.63) is 101 Å². The predicted molar refractivity (Wildman–Crippen MR) is 143 cm³/mol. The minimum atomic E-state index is -0.208. The van der Waals surface area contributed by atoms with E-state index in [9.17, 15) is 0 Å². The summed E-state index contributed by atoms with van der Waals surface area (Å²) in [6.07, 6.45) is 1.80. The molecule has 0 spiro atoms. The highest BCUT2D eigenvalue weighted by Crippen LogP contribution is 2.43. The van der Waals surface area contributed by atoms with Gasteiger partial charge in [-0.3, -0.25) is 4.98 Å². The molecule has 0 amide bonds. The fourth-order valence-electron chi connectivity index (χ4n) is 4.35. The van der Waals surface area contributed by atoms with Crippen LogP contribution in [-0.4, -0.2) is 24.2 Å². The molecule has 4 aromatic rings. The van der Waals surface area contributed by atoms with E-state index in [1.165, 1.54) is 0 Å². The molecule has 1 N–H and O–H groups in total. The van der Waals surface area contributed by atoms with Crippen LogP contribution in [0.15, 0.2) is 83.4 Å². The number of hydrogen-bond acceptors (Lipinski definition) is 4. The number of pyridine rings is 1. The first kappa shape index (κ1) is 22.4. The summed E-state index contributed by atoms with van der Waals surface area (Å²) >= 11 is 12.1. The molecule has 0 saturated carbocycles. The Bertz CT molecular complexity index is 1320. The Hall–Kier alpha value is -3.35. The van der Waals surface area contributed by atoms with E-state index in [-0.39, 0.29) is 12.1 Å². The van der Waals surface area contributed by atoms with Gasteiger partial charge in [-0.15, -0.1) is 0 Å². The van der Waals surface area contributed by atoms with E-state index in [0.717, 1.165) is 39.7 Å². The number of anilines is 2. The SMILES string of the molecule is Cc1ccc(Cl)cc1-c1ccc([C@H]2[C@@H](c3ccccn3)NC(=S)N2c2ccc(N(C)C)cc2)o1. The lowest BCUT2D eigenvalue weighted by molar-refractivity contribution is 0.439. The van der Waals surface area contributed by atoms with E-state index >= 15 is 0 Å². The quantitative estimate of drug-likeness (QED) is 0.321. The molecular weight excluding hydrogens is 464 g/mol. The van der Waals surface area contributed by atoms with E-state index < -0.39 is 0 Å². The number of nitrogens with zero attached hydrogens (tertiary/aromatic N) is 3. The molecule has 3 heterocycles. The highest BCUT2D eigenvalue weighted by molar-refractivity contribution is 7.80. The molecule has 0 aliphatic carbocycles. The molecule has 1 saturated heterocycles. The number of furan rings is 1. The van der Waals surface area contributed by atoms with Crippen molar-refractivity contribution >= 4 is 40.3 Å². The zero-order valence-corrected chi connectivity index (χ0v) is 20.8. The van der Waals surface area contributed by atoms with Gasteiger partial charge in [0.2, 0.25) is 0 Å². The number of hydrogen-bond donors (Lipinski definition) is 1. The molecule has 0 unspecified atom stereocenters. The fraction of sp³-hybridized carbons (Fsp3) is 0.185. The molecule has 2 aromatic carbocycles. The van der Waals surface area contributed by atoms with Gasteiger partial charge >= 0.3 is 0 Å². The third-order valence-corrected chi connectivity index (χ3v) is 6.68. The largest absolute Gasteiger partial charge is 0.459 e. The molecule has 7 heteroatoms. The summed E-state index contributed by atoms with van der Waals surface area (Å²) in [6, 6.07) is 23.7. The van der Waals surface area contributed by atoms with E-state index in [1.54, 1.807) is 6.20 Å². The lowest BCUT2D eigenvalue weighted by atomic mass is 10.0. The zero-order chi connectivity index (χ0) is 23.8. The maximum atomic E-state index is 6.47. The van der Waals surface area contributed by atoms with Crippen LogP contribution in [0.4, 0.5) is 11.4 Å². The van der Waals surface area contributed by atoms with Gasteiger partial charge < -0.3 is 19.5 Å². The lowest BCUT2D eigenvalue weighted by Crippen LogP contribution is -2.29. The molecule has 1 aliphatic heterocycles. The standard InChI is InChI=1S/C27H25ClN4OS/c1-17-7-8-18(28)16-21(17)23-13-14-24(33-23)26-25(22-6-4-5-15-29-22)30-27(34)32(26)20-11-9-19(10-12-20)31(2)3/h4-16,25-26H,1-3H3,(H,30,34)/t25-,26+/m1/s1. The van der Waals surface area contributed by atoms with Crippen LogP contribution >= 0.6 is 23.8 Å². The fourth-order valence-corrected chi connectivity index (χ4v) is 4.87. The van der Waals surface area contributed by atoms with E-state index in [2.05, 4.69) is 51.3 Å². The maximum absolute atomic E-state index is 6.47. The molecule has 0 bridgehead atoms. The molecule has 2 atom stereocenters. The Balaban J connectivity index is 1.59. The highest BCUT2D eigenvalue weighted by atomic mass is 35.5. The summed E-state index contributed by atoms with van der Waals surface area (Å²) in [6.45, 7) is 2.05. The van der Waals surface area contributed by atoms with Gasteiger partial charge in [-0.2, -0.15) is 0 Å². The first-order chi connectivity index (χ1) is 16.4. The number of halogens is 1. The Morgan fingerprint density at radius 2 is 1.82 bits per heavy atom. The molecule has 0 radical (unpaired) electrons. The summed E-state index contributed by atoms with van der Waals surface area (Å²) < 4.78 is 6.47. The second kappa shape index (κ2) is 9.12. The van der Waals surface area contributed by atoms with Gasteiger partial charge in [-0.25, -0.2) is 0 Å². The number of benzene rings is 2. The van der Waals surface area contributed by atoms with Gasteiger partial charge in [0.15, 0.2) is 5.11 Å². The van der Waals surface area contributed by atoms with Gasteiger partial charge in [-0.1, -0.05) is 23.7 Å². The van der Waals surface area contributed by atoms with Crippen molar-refractivity contribution in [2.75, 3.05) is 23.9 Å².